The Morgan fingerprint density at radius 1 is 1.25 bits per heavy atom. The molecule has 2 aromatic rings. The molecule has 16 heavy (non-hydrogen) atoms. The first-order valence-electron chi connectivity index (χ1n) is 5.08. The average molecular weight is 296 g/mol. The zero-order chi connectivity index (χ0) is 11.0. The van der Waals surface area contributed by atoms with E-state index < -0.39 is 0 Å². The first-order chi connectivity index (χ1) is 7.83. The van der Waals surface area contributed by atoms with E-state index in [-0.39, 0.29) is 6.10 Å². The van der Waals surface area contributed by atoms with Gasteiger partial charge in [0.15, 0.2) is 6.10 Å². The van der Waals surface area contributed by atoms with Gasteiger partial charge >= 0.3 is 0 Å². The first-order valence-corrected chi connectivity index (χ1v) is 6.69. The first kappa shape index (κ1) is 10.2. The lowest BCUT2D eigenvalue weighted by atomic mass is 10.2. The molecule has 0 radical (unpaired) electrons. The van der Waals surface area contributed by atoms with Gasteiger partial charge < -0.3 is 10.1 Å². The minimum absolute atomic E-state index is 0.117. The van der Waals surface area contributed by atoms with Crippen LogP contribution in [0, 0.1) is 0 Å². The normalized spacial score (nSPS) is 18.4. The van der Waals surface area contributed by atoms with Crippen molar-refractivity contribution in [2.75, 3.05) is 11.9 Å². The van der Waals surface area contributed by atoms with Crippen molar-refractivity contribution in [2.45, 2.75) is 6.10 Å². The van der Waals surface area contributed by atoms with E-state index in [0.29, 0.717) is 0 Å². The van der Waals surface area contributed by atoms with Gasteiger partial charge in [-0.05, 0) is 40.2 Å². The Morgan fingerprint density at radius 2 is 2.12 bits per heavy atom. The number of thiophene rings is 1. The molecule has 4 heteroatoms. The van der Waals surface area contributed by atoms with E-state index in [1.54, 1.807) is 11.3 Å². The van der Waals surface area contributed by atoms with Crippen LogP contribution in [0.2, 0.25) is 0 Å². The maximum absolute atomic E-state index is 5.96. The SMILES string of the molecule is Brc1ccc(C2CNc3ccccc3O2)s1. The lowest BCUT2D eigenvalue weighted by Crippen LogP contribution is -2.22. The number of anilines is 1. The Labute approximate surface area is 106 Å². The fourth-order valence-corrected chi connectivity index (χ4v) is 3.23. The van der Waals surface area contributed by atoms with Gasteiger partial charge in [-0.1, -0.05) is 12.1 Å². The van der Waals surface area contributed by atoms with Crippen molar-refractivity contribution < 1.29 is 4.74 Å². The second-order valence-electron chi connectivity index (χ2n) is 3.63. The Hall–Kier alpha value is -1.00. The van der Waals surface area contributed by atoms with Crippen LogP contribution in [0.1, 0.15) is 11.0 Å². The summed E-state index contributed by atoms with van der Waals surface area (Å²) in [5.74, 6) is 0.934. The van der Waals surface area contributed by atoms with E-state index in [2.05, 4.69) is 33.4 Å². The van der Waals surface area contributed by atoms with Crippen LogP contribution in [0.25, 0.3) is 0 Å². The number of hydrogen-bond donors (Lipinski definition) is 1. The topological polar surface area (TPSA) is 21.3 Å². The third-order valence-electron chi connectivity index (χ3n) is 2.55. The highest BCUT2D eigenvalue weighted by atomic mass is 79.9. The fraction of sp³-hybridized carbons (Fsp3) is 0.167. The number of nitrogens with one attached hydrogen (secondary N) is 1. The highest BCUT2D eigenvalue weighted by molar-refractivity contribution is 9.11. The summed E-state index contributed by atoms with van der Waals surface area (Å²) in [6.07, 6.45) is 0.117. The van der Waals surface area contributed by atoms with Crippen molar-refractivity contribution in [3.8, 4) is 5.75 Å². The highest BCUT2D eigenvalue weighted by Crippen LogP contribution is 2.36. The Balaban J connectivity index is 1.88. The van der Waals surface area contributed by atoms with Crippen molar-refractivity contribution in [1.82, 2.24) is 0 Å². The number of benzene rings is 1. The predicted molar refractivity (Wildman–Crippen MR) is 70.3 cm³/mol. The average Bonchev–Trinajstić information content (AvgIpc) is 2.75. The van der Waals surface area contributed by atoms with Crippen molar-refractivity contribution in [3.05, 3.63) is 45.1 Å². The maximum Gasteiger partial charge on any atom is 0.150 e. The number of fused-ring (bicyclic) bond motifs is 1. The van der Waals surface area contributed by atoms with E-state index in [0.717, 1.165) is 21.8 Å². The number of ether oxygens (including phenoxy) is 1. The number of hydrogen-bond acceptors (Lipinski definition) is 3. The molecule has 0 bridgehead atoms. The van der Waals surface area contributed by atoms with Crippen LogP contribution < -0.4 is 10.1 Å². The van der Waals surface area contributed by atoms with E-state index in [9.17, 15) is 0 Å². The van der Waals surface area contributed by atoms with Crippen LogP contribution in [0.3, 0.4) is 0 Å². The minimum Gasteiger partial charge on any atom is -0.481 e. The third kappa shape index (κ3) is 1.83. The van der Waals surface area contributed by atoms with Crippen LogP contribution in [-0.4, -0.2) is 6.54 Å². The summed E-state index contributed by atoms with van der Waals surface area (Å²) in [5, 5.41) is 3.39. The van der Waals surface area contributed by atoms with Crippen LogP contribution >= 0.6 is 27.3 Å². The van der Waals surface area contributed by atoms with E-state index in [1.165, 1.54) is 4.88 Å². The van der Waals surface area contributed by atoms with Gasteiger partial charge in [-0.25, -0.2) is 0 Å². The predicted octanol–water partition coefficient (Wildman–Crippen LogP) is 4.06. The molecule has 0 aliphatic carbocycles. The van der Waals surface area contributed by atoms with Crippen molar-refractivity contribution >= 4 is 33.0 Å². The molecule has 1 aromatic carbocycles. The van der Waals surface area contributed by atoms with Gasteiger partial charge in [-0.15, -0.1) is 11.3 Å². The largest absolute Gasteiger partial charge is 0.481 e. The second kappa shape index (κ2) is 4.11. The Kier molecular flexibility index (Phi) is 2.61. The van der Waals surface area contributed by atoms with E-state index >= 15 is 0 Å². The summed E-state index contributed by atoms with van der Waals surface area (Å²) in [7, 11) is 0. The third-order valence-corrected chi connectivity index (χ3v) is 4.26. The summed E-state index contributed by atoms with van der Waals surface area (Å²) < 4.78 is 7.10. The molecule has 1 aromatic heterocycles. The van der Waals surface area contributed by atoms with Gasteiger partial charge in [0.2, 0.25) is 0 Å². The molecular formula is C12H10BrNOS. The molecule has 1 aliphatic heterocycles. The molecule has 0 amide bonds. The van der Waals surface area contributed by atoms with Crippen LogP contribution in [-0.2, 0) is 0 Å². The van der Waals surface area contributed by atoms with Crippen LogP contribution in [0.5, 0.6) is 5.75 Å². The molecular weight excluding hydrogens is 286 g/mol. The maximum atomic E-state index is 5.96. The standard InChI is InChI=1S/C12H10BrNOS/c13-12-6-5-11(16-12)10-7-14-8-3-1-2-4-9(8)15-10/h1-6,10,14H,7H2. The molecule has 82 valence electrons. The van der Waals surface area contributed by atoms with Crippen LogP contribution in [0.4, 0.5) is 5.69 Å². The van der Waals surface area contributed by atoms with Crippen molar-refractivity contribution in [1.29, 1.82) is 0 Å². The molecule has 1 N–H and O–H groups in total. The zero-order valence-corrected chi connectivity index (χ0v) is 10.8. The molecule has 0 saturated heterocycles. The highest BCUT2D eigenvalue weighted by Gasteiger charge is 2.21. The van der Waals surface area contributed by atoms with Gasteiger partial charge in [0.05, 0.1) is 16.0 Å². The molecule has 0 fully saturated rings. The number of rotatable bonds is 1. The fourth-order valence-electron chi connectivity index (χ4n) is 1.77. The number of para-hydroxylation sites is 2. The lowest BCUT2D eigenvalue weighted by molar-refractivity contribution is 0.214. The molecule has 2 heterocycles. The molecule has 1 unspecified atom stereocenters. The number of halogens is 1. The summed E-state index contributed by atoms with van der Waals surface area (Å²) in [4.78, 5) is 1.24. The molecule has 1 aliphatic rings. The molecule has 0 spiro atoms. The molecule has 3 rings (SSSR count). The summed E-state index contributed by atoms with van der Waals surface area (Å²) in [5.41, 5.74) is 1.08. The molecule has 2 nitrogen and oxygen atoms in total. The summed E-state index contributed by atoms with van der Waals surface area (Å²) in [6.45, 7) is 0.823. The van der Waals surface area contributed by atoms with Gasteiger partial charge in [0, 0.05) is 4.88 Å². The quantitative estimate of drug-likeness (QED) is 0.857. The van der Waals surface area contributed by atoms with Gasteiger partial charge in [0.25, 0.3) is 0 Å². The molecule has 0 saturated carbocycles. The Morgan fingerprint density at radius 3 is 2.94 bits per heavy atom. The summed E-state index contributed by atoms with van der Waals surface area (Å²) >= 11 is 5.19. The van der Waals surface area contributed by atoms with Crippen LogP contribution in [0.15, 0.2) is 40.2 Å². The van der Waals surface area contributed by atoms with Crippen molar-refractivity contribution in [2.24, 2.45) is 0 Å². The van der Waals surface area contributed by atoms with Gasteiger partial charge in [-0.2, -0.15) is 0 Å². The summed E-state index contributed by atoms with van der Waals surface area (Å²) in [6, 6.07) is 12.2. The second-order valence-corrected chi connectivity index (χ2v) is 6.12. The van der Waals surface area contributed by atoms with E-state index in [4.69, 9.17) is 4.74 Å². The molecule has 1 atom stereocenters. The lowest BCUT2D eigenvalue weighted by Gasteiger charge is -2.26. The van der Waals surface area contributed by atoms with Gasteiger partial charge in [-0.3, -0.25) is 0 Å². The smallest absolute Gasteiger partial charge is 0.150 e. The Bertz CT molecular complexity index is 511. The minimum atomic E-state index is 0.117. The zero-order valence-electron chi connectivity index (χ0n) is 8.44. The van der Waals surface area contributed by atoms with Crippen molar-refractivity contribution in [3.63, 3.8) is 0 Å². The van der Waals surface area contributed by atoms with Gasteiger partial charge in [0.1, 0.15) is 5.75 Å². The van der Waals surface area contributed by atoms with E-state index in [1.807, 2.05) is 24.3 Å². The monoisotopic (exact) mass is 295 g/mol.